The first-order valence-electron chi connectivity index (χ1n) is 4.96. The molecule has 0 aromatic heterocycles. The molecule has 0 saturated carbocycles. The lowest BCUT2D eigenvalue weighted by molar-refractivity contribution is -0.124. The van der Waals surface area contributed by atoms with E-state index >= 15 is 0 Å². The van der Waals surface area contributed by atoms with Crippen LogP contribution in [-0.2, 0) is 9.53 Å². The Labute approximate surface area is 98.3 Å². The minimum Gasteiger partial charge on any atom is -0.384 e. The van der Waals surface area contributed by atoms with Gasteiger partial charge >= 0.3 is 0 Å². The number of hydrogen-bond donors (Lipinski definition) is 2. The lowest BCUT2D eigenvalue weighted by Gasteiger charge is -2.33. The standard InChI is InChI=1S/C10H22N2O2.ClH/c1-8(2)10(3,7-11)12-9(13)5-6-14-4;/h8H,5-7,11H2,1-4H3,(H,12,13);1H. The van der Waals surface area contributed by atoms with Crippen LogP contribution >= 0.6 is 12.4 Å². The normalized spacial score (nSPS) is 14.3. The summed E-state index contributed by atoms with van der Waals surface area (Å²) in [7, 11) is 1.58. The van der Waals surface area contributed by atoms with Gasteiger partial charge in [0.15, 0.2) is 0 Å². The molecule has 0 aliphatic rings. The number of amides is 1. The van der Waals surface area contributed by atoms with Crippen LogP contribution in [0, 0.1) is 5.92 Å². The smallest absolute Gasteiger partial charge is 0.222 e. The fourth-order valence-corrected chi connectivity index (χ4v) is 1.01. The highest BCUT2D eigenvalue weighted by Crippen LogP contribution is 2.14. The zero-order chi connectivity index (χ0) is 11.2. The van der Waals surface area contributed by atoms with E-state index in [0.717, 1.165) is 0 Å². The molecule has 1 atom stereocenters. The van der Waals surface area contributed by atoms with Crippen molar-refractivity contribution >= 4 is 18.3 Å². The van der Waals surface area contributed by atoms with Gasteiger partial charge in [0, 0.05) is 20.1 Å². The number of ether oxygens (including phenoxy) is 1. The molecule has 0 rings (SSSR count). The van der Waals surface area contributed by atoms with Gasteiger partial charge in [-0.25, -0.2) is 0 Å². The molecule has 0 fully saturated rings. The third-order valence-corrected chi connectivity index (χ3v) is 2.66. The first-order valence-corrected chi connectivity index (χ1v) is 4.96. The highest BCUT2D eigenvalue weighted by molar-refractivity contribution is 5.85. The molecular weight excluding hydrogens is 216 g/mol. The van der Waals surface area contributed by atoms with Crippen molar-refractivity contribution in [3.63, 3.8) is 0 Å². The van der Waals surface area contributed by atoms with Gasteiger partial charge in [0.1, 0.15) is 0 Å². The molecule has 0 aliphatic heterocycles. The van der Waals surface area contributed by atoms with Crippen LogP contribution in [0.15, 0.2) is 0 Å². The van der Waals surface area contributed by atoms with Gasteiger partial charge in [-0.15, -0.1) is 12.4 Å². The third-order valence-electron chi connectivity index (χ3n) is 2.66. The van der Waals surface area contributed by atoms with Crippen LogP contribution in [0.2, 0.25) is 0 Å². The van der Waals surface area contributed by atoms with E-state index in [1.54, 1.807) is 7.11 Å². The second kappa shape index (κ2) is 7.91. The van der Waals surface area contributed by atoms with Crippen molar-refractivity contribution in [2.24, 2.45) is 11.7 Å². The van der Waals surface area contributed by atoms with Gasteiger partial charge in [-0.2, -0.15) is 0 Å². The maximum absolute atomic E-state index is 11.4. The highest BCUT2D eigenvalue weighted by Gasteiger charge is 2.27. The average molecular weight is 239 g/mol. The molecule has 0 spiro atoms. The maximum atomic E-state index is 11.4. The van der Waals surface area contributed by atoms with Gasteiger partial charge in [0.2, 0.25) is 5.91 Å². The number of nitrogens with two attached hydrogens (primary N) is 1. The van der Waals surface area contributed by atoms with Crippen LogP contribution in [0.25, 0.3) is 0 Å². The number of nitrogens with one attached hydrogen (secondary N) is 1. The van der Waals surface area contributed by atoms with E-state index in [1.807, 2.05) is 20.8 Å². The van der Waals surface area contributed by atoms with E-state index in [4.69, 9.17) is 10.5 Å². The summed E-state index contributed by atoms with van der Waals surface area (Å²) >= 11 is 0. The summed E-state index contributed by atoms with van der Waals surface area (Å²) in [6.07, 6.45) is 0.388. The SMILES string of the molecule is COCCC(=O)NC(C)(CN)C(C)C.Cl. The molecule has 92 valence electrons. The quantitative estimate of drug-likeness (QED) is 0.724. The summed E-state index contributed by atoms with van der Waals surface area (Å²) in [5.41, 5.74) is 5.32. The number of carbonyl (C=O) groups excluding carboxylic acids is 1. The summed E-state index contributed by atoms with van der Waals surface area (Å²) < 4.78 is 4.83. The Hall–Kier alpha value is -0.320. The van der Waals surface area contributed by atoms with Crippen molar-refractivity contribution in [3.8, 4) is 0 Å². The van der Waals surface area contributed by atoms with Gasteiger partial charge < -0.3 is 15.8 Å². The summed E-state index contributed by atoms with van der Waals surface area (Å²) in [6, 6.07) is 0. The number of hydrogen-bond acceptors (Lipinski definition) is 3. The minimum atomic E-state index is -0.315. The monoisotopic (exact) mass is 238 g/mol. The summed E-state index contributed by atoms with van der Waals surface area (Å²) in [5.74, 6) is 0.312. The van der Waals surface area contributed by atoms with Crippen LogP contribution in [0.4, 0.5) is 0 Å². The fraction of sp³-hybridized carbons (Fsp3) is 0.900. The molecule has 0 aromatic rings. The Balaban J connectivity index is 0. The predicted molar refractivity (Wildman–Crippen MR) is 64.2 cm³/mol. The van der Waals surface area contributed by atoms with Gasteiger partial charge in [0.25, 0.3) is 0 Å². The van der Waals surface area contributed by atoms with Gasteiger partial charge in [-0.05, 0) is 12.8 Å². The lowest BCUT2D eigenvalue weighted by atomic mass is 9.88. The zero-order valence-electron chi connectivity index (χ0n) is 10.0. The third kappa shape index (κ3) is 5.97. The Kier molecular flexibility index (Phi) is 9.01. The number of rotatable bonds is 6. The van der Waals surface area contributed by atoms with Gasteiger partial charge in [0.05, 0.1) is 12.1 Å². The van der Waals surface area contributed by atoms with Crippen molar-refractivity contribution in [1.29, 1.82) is 0 Å². The van der Waals surface area contributed by atoms with E-state index in [2.05, 4.69) is 5.32 Å². The maximum Gasteiger partial charge on any atom is 0.222 e. The topological polar surface area (TPSA) is 64.3 Å². The first-order chi connectivity index (χ1) is 6.46. The van der Waals surface area contributed by atoms with Crippen LogP contribution in [0.3, 0.4) is 0 Å². The van der Waals surface area contributed by atoms with Gasteiger partial charge in [-0.3, -0.25) is 4.79 Å². The second-order valence-corrected chi connectivity index (χ2v) is 4.07. The molecule has 15 heavy (non-hydrogen) atoms. The van der Waals surface area contributed by atoms with E-state index in [9.17, 15) is 4.79 Å². The van der Waals surface area contributed by atoms with E-state index in [0.29, 0.717) is 25.5 Å². The summed E-state index contributed by atoms with van der Waals surface area (Å²) in [6.45, 7) is 6.95. The summed E-state index contributed by atoms with van der Waals surface area (Å²) in [5, 5.41) is 2.93. The Morgan fingerprint density at radius 2 is 2.07 bits per heavy atom. The first kappa shape index (κ1) is 17.1. The molecule has 3 N–H and O–H groups in total. The van der Waals surface area contributed by atoms with E-state index in [1.165, 1.54) is 0 Å². The summed E-state index contributed by atoms with van der Waals surface area (Å²) in [4.78, 5) is 11.4. The Morgan fingerprint density at radius 1 is 1.53 bits per heavy atom. The van der Waals surface area contributed by atoms with Crippen LogP contribution < -0.4 is 11.1 Å². The van der Waals surface area contributed by atoms with Crippen molar-refractivity contribution < 1.29 is 9.53 Å². The largest absolute Gasteiger partial charge is 0.384 e. The molecule has 0 radical (unpaired) electrons. The van der Waals surface area contributed by atoms with Crippen molar-refractivity contribution in [2.75, 3.05) is 20.3 Å². The predicted octanol–water partition coefficient (Wildman–Crippen LogP) is 0.934. The Bertz CT molecular complexity index is 188. The molecule has 0 aromatic carbocycles. The number of methoxy groups -OCH3 is 1. The molecule has 0 saturated heterocycles. The molecule has 0 heterocycles. The lowest BCUT2D eigenvalue weighted by Crippen LogP contribution is -2.55. The molecule has 0 aliphatic carbocycles. The average Bonchev–Trinajstić information content (AvgIpc) is 2.14. The second-order valence-electron chi connectivity index (χ2n) is 4.07. The molecule has 4 nitrogen and oxygen atoms in total. The molecule has 5 heteroatoms. The van der Waals surface area contributed by atoms with E-state index in [-0.39, 0.29) is 23.9 Å². The molecule has 1 amide bonds. The van der Waals surface area contributed by atoms with Crippen molar-refractivity contribution in [3.05, 3.63) is 0 Å². The number of halogens is 1. The highest BCUT2D eigenvalue weighted by atomic mass is 35.5. The fourth-order valence-electron chi connectivity index (χ4n) is 1.01. The minimum absolute atomic E-state index is 0. The zero-order valence-corrected chi connectivity index (χ0v) is 10.8. The van der Waals surface area contributed by atoms with Crippen LogP contribution in [-0.4, -0.2) is 31.7 Å². The molecule has 0 bridgehead atoms. The van der Waals surface area contributed by atoms with Crippen molar-refractivity contribution in [2.45, 2.75) is 32.7 Å². The van der Waals surface area contributed by atoms with E-state index < -0.39 is 0 Å². The van der Waals surface area contributed by atoms with Gasteiger partial charge in [-0.1, -0.05) is 13.8 Å². The van der Waals surface area contributed by atoms with Crippen LogP contribution in [0.5, 0.6) is 0 Å². The Morgan fingerprint density at radius 3 is 2.40 bits per heavy atom. The van der Waals surface area contributed by atoms with Crippen molar-refractivity contribution in [1.82, 2.24) is 5.32 Å². The molecule has 1 unspecified atom stereocenters. The van der Waals surface area contributed by atoms with Crippen LogP contribution in [0.1, 0.15) is 27.2 Å². The molecular formula is C10H23ClN2O2. The number of carbonyl (C=O) groups is 1.